The highest BCUT2D eigenvalue weighted by atomic mass is 35.5. The summed E-state index contributed by atoms with van der Waals surface area (Å²) in [4.78, 5) is 70.8. The Kier molecular flexibility index (Phi) is 10.2. The van der Waals surface area contributed by atoms with Crippen LogP contribution in [0.1, 0.15) is 81.0 Å². The lowest BCUT2D eigenvalue weighted by molar-refractivity contribution is -0.214. The number of carbonyl (C=O) groups is 5. The number of Topliss-reactive ketones (excluding diaryl/α,β-unsaturated/α-hetero) is 3. The van der Waals surface area contributed by atoms with Crippen LogP contribution in [0.2, 0.25) is 5.02 Å². The number of aromatic hydroxyl groups is 2. The van der Waals surface area contributed by atoms with E-state index >= 15 is 0 Å². The highest BCUT2D eigenvalue weighted by molar-refractivity contribution is 6.31. The standard InChI is InChI=1S/C40H39ClN2O14/c1-15-9-18-10-25(46)40(56-4)36(52)28-21(35(51)39(40,54)29(18)33(50)26(15)37(53)42-13-17-5-7-19(41)8-6-17)11-20-27(32(28)49)24(45)12-23(30(20)47)43-38-22(14-44)31(48)34(55-3)16(2)57-38/h5-9,11-12,16,22,25,31,34,38,43-44,46,48-50,54H,10,13-14H2,1-4H3,(H,42,53)/t16-,22+,25+,31-,34-,38-,39-,40+/m0/s1. The van der Waals surface area contributed by atoms with Gasteiger partial charge in [0, 0.05) is 55.0 Å². The number of aliphatic hydroxyl groups is 4. The third kappa shape index (κ3) is 5.73. The number of ether oxygens (including phenoxy) is 3. The summed E-state index contributed by atoms with van der Waals surface area (Å²) >= 11 is 5.96. The van der Waals surface area contributed by atoms with Gasteiger partial charge in [-0.3, -0.25) is 24.0 Å². The van der Waals surface area contributed by atoms with Crippen molar-refractivity contribution in [3.05, 3.63) is 103 Å². The Morgan fingerprint density at radius 2 is 1.68 bits per heavy atom. The number of allylic oxidation sites excluding steroid dienone is 2. The number of benzene rings is 3. The molecule has 0 aromatic heterocycles. The molecule has 0 radical (unpaired) electrons. The van der Waals surface area contributed by atoms with E-state index in [0.717, 1.165) is 19.3 Å². The second-order valence-corrected chi connectivity index (χ2v) is 15.0. The van der Waals surface area contributed by atoms with Crippen molar-refractivity contribution in [1.29, 1.82) is 0 Å². The van der Waals surface area contributed by atoms with E-state index in [0.29, 0.717) is 10.6 Å². The van der Waals surface area contributed by atoms with Crippen molar-refractivity contribution in [3.63, 3.8) is 0 Å². The van der Waals surface area contributed by atoms with E-state index in [2.05, 4.69) is 10.6 Å². The molecule has 3 aliphatic carbocycles. The minimum Gasteiger partial charge on any atom is -0.507 e. The zero-order valence-corrected chi connectivity index (χ0v) is 31.7. The molecule has 0 saturated carbocycles. The van der Waals surface area contributed by atoms with Crippen LogP contribution in [0.5, 0.6) is 11.5 Å². The average Bonchev–Trinajstić information content (AvgIpc) is 3.15. The zero-order chi connectivity index (χ0) is 41.5. The number of ketones is 4. The van der Waals surface area contributed by atoms with Gasteiger partial charge in [0.1, 0.15) is 23.8 Å². The number of fused-ring (bicyclic) bond motifs is 5. The van der Waals surface area contributed by atoms with Crippen LogP contribution in [0, 0.1) is 12.8 Å². The van der Waals surface area contributed by atoms with E-state index in [1.54, 1.807) is 31.2 Å². The maximum atomic E-state index is 14.8. The normalized spacial score (nSPS) is 29.2. The molecule has 57 heavy (non-hydrogen) atoms. The van der Waals surface area contributed by atoms with Gasteiger partial charge < -0.3 is 55.5 Å². The highest BCUT2D eigenvalue weighted by Gasteiger charge is 2.72. The Bertz CT molecular complexity index is 2290. The Morgan fingerprint density at radius 1 is 1.00 bits per heavy atom. The number of aryl methyl sites for hydroxylation is 1. The van der Waals surface area contributed by atoms with E-state index in [-0.39, 0.29) is 23.2 Å². The molecule has 8 N–H and O–H groups in total. The van der Waals surface area contributed by atoms with E-state index < -0.39 is 135 Å². The van der Waals surface area contributed by atoms with Crippen LogP contribution >= 0.6 is 11.6 Å². The first kappa shape index (κ1) is 40.2. The van der Waals surface area contributed by atoms with E-state index in [1.165, 1.54) is 20.1 Å². The molecule has 0 bridgehead atoms. The summed E-state index contributed by atoms with van der Waals surface area (Å²) < 4.78 is 16.7. The summed E-state index contributed by atoms with van der Waals surface area (Å²) in [5.74, 6) is -8.57. The number of phenols is 2. The van der Waals surface area contributed by atoms with Gasteiger partial charge in [-0.2, -0.15) is 0 Å². The Balaban J connectivity index is 1.32. The Labute approximate surface area is 329 Å². The lowest BCUT2D eigenvalue weighted by Crippen LogP contribution is -2.73. The average molecular weight is 807 g/mol. The molecule has 1 fully saturated rings. The fourth-order valence-electron chi connectivity index (χ4n) is 8.69. The molecule has 3 aromatic carbocycles. The second-order valence-electron chi connectivity index (χ2n) is 14.6. The SMILES string of the molecule is CO[C@@H]1[C@@H](O)[C@@H](CO)[C@@H](NC2=CC(=O)c3c(cc4c(c3O)C(=O)[C@]3(OC)[C@H](O)Cc5cc(C)c(C(=O)NCc6ccc(Cl)cc6)c(O)c5[C@]3(O)C4=O)C2=O)O[C@H]1C. The Hall–Kier alpha value is -5.04. The van der Waals surface area contributed by atoms with Crippen molar-refractivity contribution in [1.82, 2.24) is 10.6 Å². The first-order valence-corrected chi connectivity index (χ1v) is 18.2. The lowest BCUT2D eigenvalue weighted by Gasteiger charge is -2.53. The van der Waals surface area contributed by atoms with E-state index in [4.69, 9.17) is 25.8 Å². The minimum atomic E-state index is -3.27. The van der Waals surface area contributed by atoms with Gasteiger partial charge in [-0.05, 0) is 48.7 Å². The van der Waals surface area contributed by atoms with Crippen molar-refractivity contribution in [2.24, 2.45) is 5.92 Å². The third-order valence-corrected chi connectivity index (χ3v) is 11.7. The first-order chi connectivity index (χ1) is 27.0. The van der Waals surface area contributed by atoms with Gasteiger partial charge in [-0.15, -0.1) is 0 Å². The van der Waals surface area contributed by atoms with Crippen molar-refractivity contribution in [2.75, 3.05) is 20.8 Å². The smallest absolute Gasteiger partial charge is 0.255 e. The fourth-order valence-corrected chi connectivity index (χ4v) is 8.82. The van der Waals surface area contributed by atoms with Crippen LogP contribution in [-0.4, -0.2) is 117 Å². The molecule has 1 heterocycles. The number of phenolic OH excluding ortho intramolecular Hbond substituents is 2. The number of rotatable bonds is 8. The van der Waals surface area contributed by atoms with Crippen molar-refractivity contribution in [3.8, 4) is 11.5 Å². The van der Waals surface area contributed by atoms with Crippen molar-refractivity contribution in [2.45, 2.75) is 68.7 Å². The van der Waals surface area contributed by atoms with Crippen LogP contribution in [0.15, 0.2) is 48.2 Å². The molecule has 4 aliphatic rings. The molecule has 8 atom stereocenters. The predicted octanol–water partition coefficient (Wildman–Crippen LogP) is 1.14. The number of hydrogen-bond donors (Lipinski definition) is 8. The summed E-state index contributed by atoms with van der Waals surface area (Å²) in [6, 6.07) is 8.78. The van der Waals surface area contributed by atoms with E-state index in [9.17, 15) is 54.6 Å². The summed E-state index contributed by atoms with van der Waals surface area (Å²) in [6.45, 7) is 2.45. The van der Waals surface area contributed by atoms with Gasteiger partial charge in [-0.25, -0.2) is 0 Å². The minimum absolute atomic E-state index is 0.00701. The number of amides is 1. The quantitative estimate of drug-likeness (QED) is 0.159. The second kappa shape index (κ2) is 14.4. The third-order valence-electron chi connectivity index (χ3n) is 11.5. The maximum absolute atomic E-state index is 14.8. The molecule has 16 nitrogen and oxygen atoms in total. The topological polar surface area (TPSA) is 258 Å². The van der Waals surface area contributed by atoms with Gasteiger partial charge >= 0.3 is 0 Å². The van der Waals surface area contributed by atoms with Crippen LogP contribution in [0.25, 0.3) is 0 Å². The fraction of sp³-hybridized carbons (Fsp3) is 0.375. The van der Waals surface area contributed by atoms with Crippen molar-refractivity contribution < 1.29 is 68.8 Å². The monoisotopic (exact) mass is 806 g/mol. The number of hydrogen-bond acceptors (Lipinski definition) is 15. The molecule has 1 aliphatic heterocycles. The molecule has 0 spiro atoms. The van der Waals surface area contributed by atoms with Crippen LogP contribution < -0.4 is 10.6 Å². The number of carbonyl (C=O) groups excluding carboxylic acids is 5. The summed E-state index contributed by atoms with van der Waals surface area (Å²) in [6.07, 6.45) is -5.69. The molecule has 1 amide bonds. The number of nitrogens with one attached hydrogen (secondary N) is 2. The van der Waals surface area contributed by atoms with Crippen LogP contribution in [0.3, 0.4) is 0 Å². The van der Waals surface area contributed by atoms with Gasteiger partial charge in [0.05, 0.1) is 53.2 Å². The summed E-state index contributed by atoms with van der Waals surface area (Å²) in [5.41, 5.74) is -9.55. The van der Waals surface area contributed by atoms with Gasteiger partial charge in [0.2, 0.25) is 17.3 Å². The molecule has 0 unspecified atom stereocenters. The largest absolute Gasteiger partial charge is 0.507 e. The molecule has 3 aromatic rings. The van der Waals surface area contributed by atoms with Crippen molar-refractivity contribution >= 4 is 40.6 Å². The van der Waals surface area contributed by atoms with Crippen LogP contribution in [0.4, 0.5) is 0 Å². The van der Waals surface area contributed by atoms with E-state index in [1.807, 2.05) is 0 Å². The van der Waals surface area contributed by atoms with Gasteiger partial charge in [-0.1, -0.05) is 29.8 Å². The number of halogens is 1. The molecule has 1 saturated heterocycles. The molecular formula is C40H39ClN2O14. The summed E-state index contributed by atoms with van der Waals surface area (Å²) in [7, 11) is 2.27. The number of methoxy groups -OCH3 is 2. The van der Waals surface area contributed by atoms with Gasteiger partial charge in [0.25, 0.3) is 5.91 Å². The molecule has 300 valence electrons. The lowest BCUT2D eigenvalue weighted by atomic mass is 9.56. The highest BCUT2D eigenvalue weighted by Crippen LogP contribution is 2.56. The maximum Gasteiger partial charge on any atom is 0.255 e. The summed E-state index contributed by atoms with van der Waals surface area (Å²) in [5, 5.41) is 74.5. The molecule has 17 heteroatoms. The molecular weight excluding hydrogens is 768 g/mol. The first-order valence-electron chi connectivity index (χ1n) is 17.9. The molecule has 7 rings (SSSR count). The number of aliphatic hydroxyl groups excluding tert-OH is 3. The van der Waals surface area contributed by atoms with Crippen LogP contribution in [-0.2, 0) is 32.8 Å². The zero-order valence-electron chi connectivity index (χ0n) is 31.0. The predicted molar refractivity (Wildman–Crippen MR) is 197 cm³/mol. The Morgan fingerprint density at radius 3 is 2.32 bits per heavy atom. The van der Waals surface area contributed by atoms with Gasteiger partial charge in [0.15, 0.2) is 17.0 Å².